The van der Waals surface area contributed by atoms with Gasteiger partial charge in [0, 0.05) is 55.2 Å². The van der Waals surface area contributed by atoms with Gasteiger partial charge in [0.05, 0.1) is 33.6 Å². The summed E-state index contributed by atoms with van der Waals surface area (Å²) in [7, 11) is 0. The van der Waals surface area contributed by atoms with E-state index in [1.165, 1.54) is 0 Å². The van der Waals surface area contributed by atoms with Crippen molar-refractivity contribution in [1.29, 1.82) is 0 Å². The molecule has 5 nitrogen and oxygen atoms in total. The summed E-state index contributed by atoms with van der Waals surface area (Å²) in [5.41, 5.74) is 15.4. The van der Waals surface area contributed by atoms with Crippen LogP contribution in [0, 0.1) is 0 Å². The Morgan fingerprint density at radius 3 is 1.71 bits per heavy atom. The van der Waals surface area contributed by atoms with Crippen molar-refractivity contribution in [2.45, 2.75) is 0 Å². The first kappa shape index (κ1) is 35.5. The molecular formula is C57H37N5. The number of benzene rings is 8. The second kappa shape index (κ2) is 14.7. The zero-order valence-corrected chi connectivity index (χ0v) is 33.6. The standard InChI is InChI=1S/C57H37N5/c1-5-19-38(20-6-1)48-37-49(59-57(58-48)47-32-18-34-51-54(47)46-31-15-16-33-50(46)61(51)44-28-11-4-12-29-44)42-26-17-27-43(35-42)52-36-41-25-13-14-30-45(41)56-53(39-21-7-2-8-22-39)55(60-62(52)56)40-23-9-3-10-24-40/h1-37H. The van der Waals surface area contributed by atoms with Gasteiger partial charge in [0.1, 0.15) is 5.69 Å². The second-order valence-electron chi connectivity index (χ2n) is 15.6. The average molecular weight is 792 g/mol. The Morgan fingerprint density at radius 1 is 0.387 bits per heavy atom. The zero-order chi connectivity index (χ0) is 41.0. The first-order valence-electron chi connectivity index (χ1n) is 21.0. The highest BCUT2D eigenvalue weighted by molar-refractivity contribution is 6.15. The minimum atomic E-state index is 0.675. The van der Waals surface area contributed by atoms with Crippen molar-refractivity contribution < 1.29 is 0 Å². The van der Waals surface area contributed by atoms with Gasteiger partial charge < -0.3 is 4.57 Å². The van der Waals surface area contributed by atoms with Crippen LogP contribution >= 0.6 is 0 Å². The summed E-state index contributed by atoms with van der Waals surface area (Å²) in [6.07, 6.45) is 0. The molecule has 0 spiro atoms. The van der Waals surface area contributed by atoms with Gasteiger partial charge in [0.2, 0.25) is 0 Å². The molecule has 12 aromatic rings. The predicted octanol–water partition coefficient (Wildman–Crippen LogP) is 14.4. The highest BCUT2D eigenvalue weighted by Gasteiger charge is 2.23. The van der Waals surface area contributed by atoms with Gasteiger partial charge in [-0.3, -0.25) is 0 Å². The molecule has 0 saturated carbocycles. The molecule has 0 aliphatic rings. The Balaban J connectivity index is 1.09. The minimum Gasteiger partial charge on any atom is -0.309 e. The van der Waals surface area contributed by atoms with Gasteiger partial charge >= 0.3 is 0 Å². The van der Waals surface area contributed by atoms with Crippen LogP contribution in [0.5, 0.6) is 0 Å². The van der Waals surface area contributed by atoms with Crippen molar-refractivity contribution in [2.75, 3.05) is 0 Å². The molecule has 0 fully saturated rings. The lowest BCUT2D eigenvalue weighted by Gasteiger charge is -2.13. The summed E-state index contributed by atoms with van der Waals surface area (Å²) in [5.74, 6) is 0.675. The molecule has 8 aromatic carbocycles. The molecule has 0 saturated heterocycles. The number of hydrogen-bond donors (Lipinski definition) is 0. The lowest BCUT2D eigenvalue weighted by atomic mass is 9.96. The third-order valence-corrected chi connectivity index (χ3v) is 11.9. The van der Waals surface area contributed by atoms with Crippen molar-refractivity contribution in [3.63, 3.8) is 0 Å². The number of nitrogens with zero attached hydrogens (tertiary/aromatic N) is 5. The number of rotatable bonds is 7. The molecule has 0 aliphatic carbocycles. The molecule has 0 aliphatic heterocycles. The van der Waals surface area contributed by atoms with E-state index >= 15 is 0 Å². The van der Waals surface area contributed by atoms with E-state index in [2.05, 4.69) is 227 Å². The fraction of sp³-hybridized carbons (Fsp3) is 0. The lowest BCUT2D eigenvalue weighted by molar-refractivity contribution is 0.979. The monoisotopic (exact) mass is 791 g/mol. The van der Waals surface area contributed by atoms with Gasteiger partial charge in [-0.05, 0) is 53.4 Å². The smallest absolute Gasteiger partial charge is 0.161 e. The molecule has 0 amide bonds. The normalized spacial score (nSPS) is 11.5. The summed E-state index contributed by atoms with van der Waals surface area (Å²) in [6, 6.07) is 78.9. The third-order valence-electron chi connectivity index (χ3n) is 11.9. The van der Waals surface area contributed by atoms with Crippen molar-refractivity contribution in [3.8, 4) is 73.2 Å². The maximum Gasteiger partial charge on any atom is 0.161 e. The molecular weight excluding hydrogens is 755 g/mol. The summed E-state index contributed by atoms with van der Waals surface area (Å²) in [5, 5.41) is 10.0. The quantitative estimate of drug-likeness (QED) is 0.162. The number of aromatic nitrogens is 5. The van der Waals surface area contributed by atoms with E-state index in [4.69, 9.17) is 15.1 Å². The summed E-state index contributed by atoms with van der Waals surface area (Å²) in [6.45, 7) is 0. The van der Waals surface area contributed by atoms with Crippen molar-refractivity contribution in [2.24, 2.45) is 0 Å². The Kier molecular flexibility index (Phi) is 8.42. The Labute approximate surface area is 358 Å². The van der Waals surface area contributed by atoms with Crippen LogP contribution < -0.4 is 0 Å². The van der Waals surface area contributed by atoms with Crippen LogP contribution in [0.25, 0.3) is 111 Å². The van der Waals surface area contributed by atoms with Gasteiger partial charge in [-0.1, -0.05) is 182 Å². The van der Waals surface area contributed by atoms with Crippen LogP contribution in [-0.4, -0.2) is 24.1 Å². The van der Waals surface area contributed by atoms with Crippen molar-refractivity contribution in [1.82, 2.24) is 24.1 Å². The maximum absolute atomic E-state index is 5.46. The Morgan fingerprint density at radius 2 is 0.952 bits per heavy atom. The number of pyridine rings is 1. The van der Waals surface area contributed by atoms with Crippen LogP contribution in [-0.2, 0) is 0 Å². The van der Waals surface area contributed by atoms with E-state index in [0.29, 0.717) is 5.82 Å². The molecule has 0 atom stereocenters. The zero-order valence-electron chi connectivity index (χ0n) is 33.6. The maximum atomic E-state index is 5.46. The molecule has 0 radical (unpaired) electrons. The van der Waals surface area contributed by atoms with Gasteiger partial charge in [0.25, 0.3) is 0 Å². The Hall–Kier alpha value is -8.41. The van der Waals surface area contributed by atoms with Gasteiger partial charge in [-0.25, -0.2) is 14.5 Å². The Bertz CT molecular complexity index is 3610. The van der Waals surface area contributed by atoms with E-state index in [-0.39, 0.29) is 0 Å². The van der Waals surface area contributed by atoms with Crippen molar-refractivity contribution in [3.05, 3.63) is 224 Å². The lowest BCUT2D eigenvalue weighted by Crippen LogP contribution is -1.98. The van der Waals surface area contributed by atoms with Crippen LogP contribution in [0.1, 0.15) is 0 Å². The fourth-order valence-corrected chi connectivity index (χ4v) is 9.14. The highest BCUT2D eigenvalue weighted by atomic mass is 15.2. The molecule has 62 heavy (non-hydrogen) atoms. The summed E-state index contributed by atoms with van der Waals surface area (Å²) in [4.78, 5) is 10.8. The first-order valence-corrected chi connectivity index (χ1v) is 21.0. The number of para-hydroxylation sites is 2. The third kappa shape index (κ3) is 5.90. The first-order chi connectivity index (χ1) is 30.8. The molecule has 290 valence electrons. The SMILES string of the molecule is c1ccc(-c2cc(-c3cccc(-c4cc5ccccc5c5c(-c6ccccc6)c(-c6ccccc6)nn45)c3)nc(-c3cccc4c3c3ccccc3n4-c3ccccc3)n2)cc1. The van der Waals surface area contributed by atoms with Crippen molar-refractivity contribution >= 4 is 38.1 Å². The average Bonchev–Trinajstić information content (AvgIpc) is 3.92. The number of hydrogen-bond acceptors (Lipinski definition) is 3. The van der Waals surface area contributed by atoms with Gasteiger partial charge in [0.15, 0.2) is 5.82 Å². The van der Waals surface area contributed by atoms with E-state index in [1.54, 1.807) is 0 Å². The second-order valence-corrected chi connectivity index (χ2v) is 15.6. The molecule has 5 heteroatoms. The molecule has 0 unspecified atom stereocenters. The topological polar surface area (TPSA) is 48.0 Å². The molecule has 4 heterocycles. The van der Waals surface area contributed by atoms with E-state index in [0.717, 1.165) is 106 Å². The van der Waals surface area contributed by atoms with Crippen LogP contribution in [0.2, 0.25) is 0 Å². The van der Waals surface area contributed by atoms with Crippen LogP contribution in [0.4, 0.5) is 0 Å². The van der Waals surface area contributed by atoms with E-state index < -0.39 is 0 Å². The molecule has 0 N–H and O–H groups in total. The van der Waals surface area contributed by atoms with E-state index in [9.17, 15) is 0 Å². The van der Waals surface area contributed by atoms with Crippen LogP contribution in [0.15, 0.2) is 224 Å². The summed E-state index contributed by atoms with van der Waals surface area (Å²) < 4.78 is 4.49. The molecule has 0 bridgehead atoms. The van der Waals surface area contributed by atoms with Crippen LogP contribution in [0.3, 0.4) is 0 Å². The summed E-state index contributed by atoms with van der Waals surface area (Å²) >= 11 is 0. The van der Waals surface area contributed by atoms with Gasteiger partial charge in [-0.2, -0.15) is 5.10 Å². The largest absolute Gasteiger partial charge is 0.309 e. The molecule has 12 rings (SSSR count). The van der Waals surface area contributed by atoms with Gasteiger partial charge in [-0.15, -0.1) is 0 Å². The minimum absolute atomic E-state index is 0.675. The predicted molar refractivity (Wildman–Crippen MR) is 255 cm³/mol. The number of fused-ring (bicyclic) bond motifs is 6. The fourth-order valence-electron chi connectivity index (χ4n) is 9.14. The molecule has 4 aromatic heterocycles. The highest BCUT2D eigenvalue weighted by Crippen LogP contribution is 2.42. The van der Waals surface area contributed by atoms with E-state index in [1.807, 2.05) is 6.07 Å².